The van der Waals surface area contributed by atoms with E-state index in [4.69, 9.17) is 11.5 Å². The summed E-state index contributed by atoms with van der Waals surface area (Å²) in [5.74, 6) is 0.167. The number of primary amides is 1. The molecule has 0 saturated heterocycles. The normalized spacial score (nSPS) is 12.1. The lowest BCUT2D eigenvalue weighted by Gasteiger charge is -2.06. The van der Waals surface area contributed by atoms with Gasteiger partial charge in [0, 0.05) is 11.3 Å². The molecule has 1 rings (SSSR count). The molecule has 0 heterocycles. The minimum Gasteiger partial charge on any atom is -0.368 e. The Kier molecular flexibility index (Phi) is 5.01. The van der Waals surface area contributed by atoms with Gasteiger partial charge in [-0.2, -0.15) is 11.8 Å². The maximum atomic E-state index is 11.6. The van der Waals surface area contributed by atoms with Gasteiger partial charge in [0.15, 0.2) is 5.78 Å². The van der Waals surface area contributed by atoms with Crippen LogP contribution in [0.2, 0.25) is 0 Å². The Morgan fingerprint density at radius 1 is 1.25 bits per heavy atom. The number of hydrogen-bond donors (Lipinski definition) is 2. The van der Waals surface area contributed by atoms with Crippen LogP contribution in [-0.4, -0.2) is 29.2 Å². The molecule has 1 atom stereocenters. The van der Waals surface area contributed by atoms with Crippen molar-refractivity contribution in [2.45, 2.75) is 6.04 Å². The van der Waals surface area contributed by atoms with Crippen molar-refractivity contribution in [3.05, 3.63) is 35.9 Å². The highest BCUT2D eigenvalue weighted by Crippen LogP contribution is 2.07. The molecule has 0 aromatic heterocycles. The van der Waals surface area contributed by atoms with Crippen LogP contribution in [0.25, 0.3) is 0 Å². The summed E-state index contributed by atoms with van der Waals surface area (Å²) in [7, 11) is 0. The van der Waals surface area contributed by atoms with Crippen LogP contribution in [0.4, 0.5) is 0 Å². The number of nitrogens with two attached hydrogens (primary N) is 2. The average Bonchev–Trinajstić information content (AvgIpc) is 2.29. The Bertz CT molecular complexity index is 368. The van der Waals surface area contributed by atoms with Crippen molar-refractivity contribution < 1.29 is 9.59 Å². The number of ketones is 1. The molecule has 16 heavy (non-hydrogen) atoms. The molecule has 86 valence electrons. The molecule has 1 amide bonds. The van der Waals surface area contributed by atoms with Crippen LogP contribution in [0.3, 0.4) is 0 Å². The van der Waals surface area contributed by atoms with Crippen LogP contribution in [0, 0.1) is 0 Å². The van der Waals surface area contributed by atoms with E-state index in [1.807, 2.05) is 18.2 Å². The first-order chi connectivity index (χ1) is 7.61. The fraction of sp³-hybridized carbons (Fsp3) is 0.273. The number of benzene rings is 1. The Morgan fingerprint density at radius 3 is 2.44 bits per heavy atom. The molecule has 0 radical (unpaired) electrons. The maximum absolute atomic E-state index is 11.6. The van der Waals surface area contributed by atoms with E-state index in [-0.39, 0.29) is 5.78 Å². The van der Waals surface area contributed by atoms with E-state index < -0.39 is 11.9 Å². The molecule has 4 nitrogen and oxygen atoms in total. The third-order valence-corrected chi connectivity index (χ3v) is 3.05. The van der Waals surface area contributed by atoms with Gasteiger partial charge in [-0.25, -0.2) is 0 Å². The van der Waals surface area contributed by atoms with E-state index in [0.29, 0.717) is 17.1 Å². The summed E-state index contributed by atoms with van der Waals surface area (Å²) in [4.78, 5) is 22.3. The molecule has 4 N–H and O–H groups in total. The van der Waals surface area contributed by atoms with E-state index in [2.05, 4.69) is 0 Å². The Hall–Kier alpha value is -1.33. The van der Waals surface area contributed by atoms with Gasteiger partial charge in [0.05, 0.1) is 11.8 Å². The van der Waals surface area contributed by atoms with E-state index in [9.17, 15) is 9.59 Å². The van der Waals surface area contributed by atoms with Gasteiger partial charge in [-0.1, -0.05) is 30.3 Å². The van der Waals surface area contributed by atoms with Gasteiger partial charge in [0.2, 0.25) is 5.91 Å². The molecule has 1 aromatic rings. The molecule has 0 aliphatic carbocycles. The fourth-order valence-electron chi connectivity index (χ4n) is 1.07. The lowest BCUT2D eigenvalue weighted by Crippen LogP contribution is -2.38. The minimum atomic E-state index is -0.687. The number of rotatable bonds is 6. The van der Waals surface area contributed by atoms with Crippen molar-refractivity contribution in [2.24, 2.45) is 11.5 Å². The van der Waals surface area contributed by atoms with Crippen LogP contribution >= 0.6 is 11.8 Å². The van der Waals surface area contributed by atoms with Gasteiger partial charge in [-0.15, -0.1) is 0 Å². The van der Waals surface area contributed by atoms with Gasteiger partial charge in [0.25, 0.3) is 0 Å². The fourth-order valence-corrected chi connectivity index (χ4v) is 1.96. The summed E-state index contributed by atoms with van der Waals surface area (Å²) in [6, 6.07) is 8.31. The first-order valence-corrected chi connectivity index (χ1v) is 5.97. The van der Waals surface area contributed by atoms with Crippen LogP contribution in [0.5, 0.6) is 0 Å². The smallest absolute Gasteiger partial charge is 0.235 e. The summed E-state index contributed by atoms with van der Waals surface area (Å²) in [5, 5.41) is 0. The van der Waals surface area contributed by atoms with Crippen molar-refractivity contribution in [1.29, 1.82) is 0 Å². The van der Waals surface area contributed by atoms with Gasteiger partial charge < -0.3 is 11.5 Å². The zero-order chi connectivity index (χ0) is 12.0. The second kappa shape index (κ2) is 6.30. The van der Waals surface area contributed by atoms with E-state index >= 15 is 0 Å². The van der Waals surface area contributed by atoms with Crippen LogP contribution in [-0.2, 0) is 4.79 Å². The lowest BCUT2D eigenvalue weighted by molar-refractivity contribution is -0.118. The van der Waals surface area contributed by atoms with Crippen molar-refractivity contribution in [2.75, 3.05) is 11.5 Å². The SMILES string of the molecule is NC(=O)C(N)CSCC(=O)c1ccccc1. The highest BCUT2D eigenvalue weighted by Gasteiger charge is 2.11. The number of thioether (sulfide) groups is 1. The molecule has 0 aliphatic rings. The number of carbonyl (C=O) groups is 2. The third kappa shape index (κ3) is 4.04. The molecule has 0 fully saturated rings. The van der Waals surface area contributed by atoms with Gasteiger partial charge in [-0.3, -0.25) is 9.59 Å². The van der Waals surface area contributed by atoms with Crippen molar-refractivity contribution in [3.8, 4) is 0 Å². The minimum absolute atomic E-state index is 0.0299. The Balaban J connectivity index is 2.34. The summed E-state index contributed by atoms with van der Waals surface area (Å²) >= 11 is 1.32. The predicted octanol–water partition coefficient (Wildman–Crippen LogP) is 0.415. The predicted molar refractivity (Wildman–Crippen MR) is 65.3 cm³/mol. The first kappa shape index (κ1) is 12.7. The van der Waals surface area contributed by atoms with E-state index in [0.717, 1.165) is 0 Å². The molecule has 0 bridgehead atoms. The highest BCUT2D eigenvalue weighted by atomic mass is 32.2. The quantitative estimate of drug-likeness (QED) is 0.703. The topological polar surface area (TPSA) is 86.2 Å². The van der Waals surface area contributed by atoms with Crippen LogP contribution < -0.4 is 11.5 Å². The summed E-state index contributed by atoms with van der Waals surface area (Å²) in [6.07, 6.45) is 0. The largest absolute Gasteiger partial charge is 0.368 e. The molecule has 1 unspecified atom stereocenters. The lowest BCUT2D eigenvalue weighted by atomic mass is 10.2. The Morgan fingerprint density at radius 2 is 1.88 bits per heavy atom. The van der Waals surface area contributed by atoms with Crippen LogP contribution in [0.1, 0.15) is 10.4 Å². The average molecular weight is 238 g/mol. The van der Waals surface area contributed by atoms with Gasteiger partial charge in [0.1, 0.15) is 0 Å². The highest BCUT2D eigenvalue weighted by molar-refractivity contribution is 8.00. The summed E-state index contributed by atoms with van der Waals surface area (Å²) < 4.78 is 0. The standard InChI is InChI=1S/C11H14N2O2S/c12-9(11(13)15)6-16-7-10(14)8-4-2-1-3-5-8/h1-5,9H,6-7,12H2,(H2,13,15). The monoisotopic (exact) mass is 238 g/mol. The van der Waals surface area contributed by atoms with Gasteiger partial charge >= 0.3 is 0 Å². The molecule has 1 aromatic carbocycles. The maximum Gasteiger partial charge on any atom is 0.235 e. The second-order valence-electron chi connectivity index (χ2n) is 3.31. The summed E-state index contributed by atoms with van der Waals surface area (Å²) in [5.41, 5.74) is 11.1. The van der Waals surface area contributed by atoms with E-state index in [1.165, 1.54) is 11.8 Å². The zero-order valence-electron chi connectivity index (χ0n) is 8.76. The van der Waals surface area contributed by atoms with E-state index in [1.54, 1.807) is 12.1 Å². The summed E-state index contributed by atoms with van der Waals surface area (Å²) in [6.45, 7) is 0. The van der Waals surface area contributed by atoms with Crippen LogP contribution in [0.15, 0.2) is 30.3 Å². The third-order valence-electron chi connectivity index (χ3n) is 1.99. The molecule has 0 spiro atoms. The zero-order valence-corrected chi connectivity index (χ0v) is 9.57. The number of amides is 1. The van der Waals surface area contributed by atoms with Crippen molar-refractivity contribution in [3.63, 3.8) is 0 Å². The molecule has 5 heteroatoms. The number of hydrogen-bond acceptors (Lipinski definition) is 4. The first-order valence-electron chi connectivity index (χ1n) is 4.82. The number of carbonyl (C=O) groups excluding carboxylic acids is 2. The van der Waals surface area contributed by atoms with Crippen molar-refractivity contribution >= 4 is 23.5 Å². The Labute approximate surface area is 98.4 Å². The van der Waals surface area contributed by atoms with Crippen molar-refractivity contribution in [1.82, 2.24) is 0 Å². The molecule has 0 saturated carbocycles. The number of Topliss-reactive ketones (excluding diaryl/α,β-unsaturated/α-hetero) is 1. The molecular weight excluding hydrogens is 224 g/mol. The second-order valence-corrected chi connectivity index (χ2v) is 4.34. The van der Waals surface area contributed by atoms with Gasteiger partial charge in [-0.05, 0) is 0 Å². The molecular formula is C11H14N2O2S. The molecule has 0 aliphatic heterocycles.